The molecule has 0 fully saturated rings. The molecule has 0 unspecified atom stereocenters. The first kappa shape index (κ1) is 9.86. The third-order valence-corrected chi connectivity index (χ3v) is 1.78. The van der Waals surface area contributed by atoms with E-state index in [1.165, 1.54) is 0 Å². The van der Waals surface area contributed by atoms with E-state index in [2.05, 4.69) is 0 Å². The lowest BCUT2D eigenvalue weighted by Gasteiger charge is -2.10. The fourth-order valence-corrected chi connectivity index (χ4v) is 1.10. The van der Waals surface area contributed by atoms with E-state index in [9.17, 15) is 0 Å². The highest BCUT2D eigenvalue weighted by atomic mass is 16.5. The SMILES string of the molecule is COCCOc1c(C)cccc1N. The smallest absolute Gasteiger partial charge is 0.145 e. The Morgan fingerprint density at radius 1 is 1.31 bits per heavy atom. The minimum Gasteiger partial charge on any atom is -0.489 e. The average Bonchev–Trinajstić information content (AvgIpc) is 2.10. The number of aryl methyl sites for hydroxylation is 1. The molecule has 1 aromatic carbocycles. The van der Waals surface area contributed by atoms with Crippen molar-refractivity contribution in [2.45, 2.75) is 6.92 Å². The van der Waals surface area contributed by atoms with Gasteiger partial charge in [-0.15, -0.1) is 0 Å². The summed E-state index contributed by atoms with van der Waals surface area (Å²) in [7, 11) is 1.64. The van der Waals surface area contributed by atoms with Crippen molar-refractivity contribution in [1.82, 2.24) is 0 Å². The topological polar surface area (TPSA) is 44.5 Å². The van der Waals surface area contributed by atoms with Crippen LogP contribution in [0.5, 0.6) is 5.75 Å². The molecule has 1 rings (SSSR count). The number of benzene rings is 1. The van der Waals surface area contributed by atoms with Crippen LogP contribution in [0.3, 0.4) is 0 Å². The van der Waals surface area contributed by atoms with Crippen molar-refractivity contribution >= 4 is 5.69 Å². The van der Waals surface area contributed by atoms with Crippen molar-refractivity contribution < 1.29 is 9.47 Å². The molecule has 13 heavy (non-hydrogen) atoms. The molecular weight excluding hydrogens is 166 g/mol. The molecule has 3 heteroatoms. The number of ether oxygens (including phenoxy) is 2. The normalized spacial score (nSPS) is 10.0. The van der Waals surface area contributed by atoms with Crippen molar-refractivity contribution in [1.29, 1.82) is 0 Å². The molecule has 0 saturated heterocycles. The average molecular weight is 181 g/mol. The number of para-hydroxylation sites is 1. The summed E-state index contributed by atoms with van der Waals surface area (Å²) < 4.78 is 10.3. The van der Waals surface area contributed by atoms with Crippen molar-refractivity contribution in [3.63, 3.8) is 0 Å². The molecule has 0 aliphatic rings. The predicted octanol–water partition coefficient (Wildman–Crippen LogP) is 1.60. The van der Waals surface area contributed by atoms with E-state index in [0.717, 1.165) is 11.3 Å². The largest absolute Gasteiger partial charge is 0.489 e. The lowest BCUT2D eigenvalue weighted by molar-refractivity contribution is 0.146. The van der Waals surface area contributed by atoms with Gasteiger partial charge in [0.15, 0.2) is 0 Å². The van der Waals surface area contributed by atoms with Gasteiger partial charge in [0.1, 0.15) is 12.4 Å². The first-order chi connectivity index (χ1) is 6.25. The maximum Gasteiger partial charge on any atom is 0.145 e. The molecule has 0 radical (unpaired) electrons. The quantitative estimate of drug-likeness (QED) is 0.567. The van der Waals surface area contributed by atoms with Crippen LogP contribution in [0.2, 0.25) is 0 Å². The number of rotatable bonds is 4. The van der Waals surface area contributed by atoms with Gasteiger partial charge in [0, 0.05) is 7.11 Å². The summed E-state index contributed by atoms with van der Waals surface area (Å²) in [5.41, 5.74) is 7.47. The Morgan fingerprint density at radius 2 is 2.08 bits per heavy atom. The van der Waals surface area contributed by atoms with Gasteiger partial charge in [-0.3, -0.25) is 0 Å². The molecule has 0 aliphatic heterocycles. The molecule has 0 bridgehead atoms. The van der Waals surface area contributed by atoms with Gasteiger partial charge in [-0.2, -0.15) is 0 Å². The fourth-order valence-electron chi connectivity index (χ4n) is 1.10. The van der Waals surface area contributed by atoms with Gasteiger partial charge in [0.05, 0.1) is 12.3 Å². The van der Waals surface area contributed by atoms with Gasteiger partial charge < -0.3 is 15.2 Å². The number of anilines is 1. The van der Waals surface area contributed by atoms with Gasteiger partial charge in [0.25, 0.3) is 0 Å². The maximum atomic E-state index is 5.74. The molecule has 0 atom stereocenters. The molecular formula is C10H15NO2. The third-order valence-electron chi connectivity index (χ3n) is 1.78. The minimum atomic E-state index is 0.533. The van der Waals surface area contributed by atoms with Gasteiger partial charge in [0.2, 0.25) is 0 Å². The maximum absolute atomic E-state index is 5.74. The van der Waals surface area contributed by atoms with E-state index in [1.807, 2.05) is 25.1 Å². The first-order valence-corrected chi connectivity index (χ1v) is 4.22. The molecule has 3 nitrogen and oxygen atoms in total. The molecule has 0 spiro atoms. The van der Waals surface area contributed by atoms with Crippen LogP contribution in [0.25, 0.3) is 0 Å². The van der Waals surface area contributed by atoms with Crippen LogP contribution in [0.1, 0.15) is 5.56 Å². The molecule has 2 N–H and O–H groups in total. The zero-order valence-corrected chi connectivity index (χ0v) is 8.04. The second kappa shape index (κ2) is 4.72. The monoisotopic (exact) mass is 181 g/mol. The summed E-state index contributed by atoms with van der Waals surface area (Å²) in [5, 5.41) is 0. The summed E-state index contributed by atoms with van der Waals surface area (Å²) in [4.78, 5) is 0. The lowest BCUT2D eigenvalue weighted by atomic mass is 10.2. The standard InChI is InChI=1S/C10H15NO2/c1-8-4-3-5-9(11)10(8)13-7-6-12-2/h3-5H,6-7,11H2,1-2H3. The molecule has 0 saturated carbocycles. The molecule has 0 heterocycles. The molecule has 0 aliphatic carbocycles. The van der Waals surface area contributed by atoms with Crippen molar-refractivity contribution in [2.24, 2.45) is 0 Å². The van der Waals surface area contributed by atoms with E-state index in [4.69, 9.17) is 15.2 Å². The molecule has 72 valence electrons. The third kappa shape index (κ3) is 2.63. The minimum absolute atomic E-state index is 0.533. The highest BCUT2D eigenvalue weighted by Gasteiger charge is 2.02. The highest BCUT2D eigenvalue weighted by molar-refractivity contribution is 5.56. The highest BCUT2D eigenvalue weighted by Crippen LogP contribution is 2.24. The number of hydrogen-bond acceptors (Lipinski definition) is 3. The van der Waals surface area contributed by atoms with E-state index in [-0.39, 0.29) is 0 Å². The second-order valence-corrected chi connectivity index (χ2v) is 2.83. The number of nitrogen functional groups attached to an aromatic ring is 1. The van der Waals surface area contributed by atoms with Gasteiger partial charge in [-0.1, -0.05) is 12.1 Å². The van der Waals surface area contributed by atoms with Crippen LogP contribution < -0.4 is 10.5 Å². The Hall–Kier alpha value is -1.22. The predicted molar refractivity (Wildman–Crippen MR) is 53.0 cm³/mol. The van der Waals surface area contributed by atoms with E-state index < -0.39 is 0 Å². The van der Waals surface area contributed by atoms with Crippen LogP contribution in [0, 0.1) is 6.92 Å². The zero-order valence-electron chi connectivity index (χ0n) is 8.04. The van der Waals surface area contributed by atoms with Crippen molar-refractivity contribution in [3.05, 3.63) is 23.8 Å². The fraction of sp³-hybridized carbons (Fsp3) is 0.400. The van der Waals surface area contributed by atoms with Gasteiger partial charge >= 0.3 is 0 Å². The molecule has 0 aromatic heterocycles. The van der Waals surface area contributed by atoms with E-state index in [0.29, 0.717) is 18.9 Å². The van der Waals surface area contributed by atoms with Crippen LogP contribution in [0.4, 0.5) is 5.69 Å². The Bertz CT molecular complexity index is 253. The Kier molecular flexibility index (Phi) is 3.58. The molecule has 0 amide bonds. The Labute approximate surface area is 78.5 Å². The number of methoxy groups -OCH3 is 1. The summed E-state index contributed by atoms with van der Waals surface area (Å²) in [5.74, 6) is 0.763. The summed E-state index contributed by atoms with van der Waals surface area (Å²) in [6.07, 6.45) is 0. The van der Waals surface area contributed by atoms with Crippen LogP contribution in [-0.4, -0.2) is 20.3 Å². The summed E-state index contributed by atoms with van der Waals surface area (Å²) in [6.45, 7) is 3.08. The van der Waals surface area contributed by atoms with E-state index >= 15 is 0 Å². The van der Waals surface area contributed by atoms with Crippen LogP contribution in [-0.2, 0) is 4.74 Å². The lowest BCUT2D eigenvalue weighted by Crippen LogP contribution is -2.06. The van der Waals surface area contributed by atoms with Gasteiger partial charge in [-0.25, -0.2) is 0 Å². The summed E-state index contributed by atoms with van der Waals surface area (Å²) in [6, 6.07) is 5.71. The van der Waals surface area contributed by atoms with Crippen molar-refractivity contribution in [2.75, 3.05) is 26.1 Å². The number of hydrogen-bond donors (Lipinski definition) is 1. The van der Waals surface area contributed by atoms with Crippen LogP contribution in [0.15, 0.2) is 18.2 Å². The van der Waals surface area contributed by atoms with Gasteiger partial charge in [-0.05, 0) is 18.6 Å². The number of nitrogens with two attached hydrogens (primary N) is 1. The Balaban J connectivity index is 2.64. The zero-order chi connectivity index (χ0) is 9.68. The van der Waals surface area contributed by atoms with Crippen molar-refractivity contribution in [3.8, 4) is 5.75 Å². The van der Waals surface area contributed by atoms with Crippen LogP contribution >= 0.6 is 0 Å². The van der Waals surface area contributed by atoms with E-state index in [1.54, 1.807) is 7.11 Å². The molecule has 1 aromatic rings. The summed E-state index contributed by atoms with van der Waals surface area (Å²) >= 11 is 0. The Morgan fingerprint density at radius 3 is 2.69 bits per heavy atom. The second-order valence-electron chi connectivity index (χ2n) is 2.83. The first-order valence-electron chi connectivity index (χ1n) is 4.22.